The van der Waals surface area contributed by atoms with E-state index in [0.717, 1.165) is 45.8 Å². The molecule has 0 saturated heterocycles. The second-order valence-electron chi connectivity index (χ2n) is 3.27. The molecule has 0 atom stereocenters. The number of ether oxygens (including phenoxy) is 1. The summed E-state index contributed by atoms with van der Waals surface area (Å²) >= 11 is 0. The smallest absolute Gasteiger partial charge is 0.0589 e. The van der Waals surface area contributed by atoms with E-state index in [2.05, 4.69) is 17.1 Å². The van der Waals surface area contributed by atoms with Gasteiger partial charge in [0.2, 0.25) is 0 Å². The van der Waals surface area contributed by atoms with Crippen molar-refractivity contribution in [3.05, 3.63) is 0 Å². The Morgan fingerprint density at radius 3 is 2.64 bits per heavy atom. The molecule has 0 amide bonds. The zero-order valence-electron chi connectivity index (χ0n) is 9.46. The monoisotopic (exact) mass is 204 g/mol. The minimum Gasteiger partial charge on any atom is -0.395 e. The molecule has 0 aliphatic heterocycles. The highest BCUT2D eigenvalue weighted by Gasteiger charge is 2.02. The number of hydrogen-bond donors (Lipinski definition) is 2. The van der Waals surface area contributed by atoms with Crippen molar-refractivity contribution in [3.8, 4) is 0 Å². The number of hydrogen-bond acceptors (Lipinski definition) is 4. The van der Waals surface area contributed by atoms with Crippen molar-refractivity contribution in [1.82, 2.24) is 10.2 Å². The van der Waals surface area contributed by atoms with Crippen LogP contribution in [0, 0.1) is 0 Å². The fraction of sp³-hybridized carbons (Fsp3) is 1.00. The van der Waals surface area contributed by atoms with Crippen LogP contribution in [0.5, 0.6) is 0 Å². The van der Waals surface area contributed by atoms with Crippen LogP contribution in [0.15, 0.2) is 0 Å². The molecule has 4 heteroatoms. The molecule has 0 bridgehead atoms. The zero-order valence-corrected chi connectivity index (χ0v) is 9.46. The SMILES string of the molecule is CCNCCCN(CCO)CCOC. The van der Waals surface area contributed by atoms with Gasteiger partial charge >= 0.3 is 0 Å². The molecular formula is C10H24N2O2. The van der Waals surface area contributed by atoms with Crippen LogP contribution in [0.1, 0.15) is 13.3 Å². The van der Waals surface area contributed by atoms with Crippen LogP contribution in [0.25, 0.3) is 0 Å². The zero-order chi connectivity index (χ0) is 10.6. The minimum atomic E-state index is 0.227. The fourth-order valence-electron chi connectivity index (χ4n) is 1.30. The van der Waals surface area contributed by atoms with E-state index in [1.165, 1.54) is 0 Å². The van der Waals surface area contributed by atoms with Gasteiger partial charge in [0, 0.05) is 20.2 Å². The summed E-state index contributed by atoms with van der Waals surface area (Å²) in [6.07, 6.45) is 1.12. The van der Waals surface area contributed by atoms with Gasteiger partial charge in [-0.1, -0.05) is 6.92 Å². The molecule has 4 nitrogen and oxygen atoms in total. The Morgan fingerprint density at radius 2 is 2.07 bits per heavy atom. The summed E-state index contributed by atoms with van der Waals surface area (Å²) in [7, 11) is 1.70. The van der Waals surface area contributed by atoms with Crippen LogP contribution >= 0.6 is 0 Å². The molecular weight excluding hydrogens is 180 g/mol. The van der Waals surface area contributed by atoms with Crippen molar-refractivity contribution in [2.45, 2.75) is 13.3 Å². The second kappa shape index (κ2) is 10.9. The number of aliphatic hydroxyl groups excluding tert-OH is 1. The van der Waals surface area contributed by atoms with E-state index < -0.39 is 0 Å². The minimum absolute atomic E-state index is 0.227. The molecule has 14 heavy (non-hydrogen) atoms. The Kier molecular flexibility index (Phi) is 10.8. The van der Waals surface area contributed by atoms with E-state index in [-0.39, 0.29) is 6.61 Å². The molecule has 86 valence electrons. The standard InChI is InChI=1S/C10H24N2O2/c1-3-11-5-4-6-12(7-9-13)8-10-14-2/h11,13H,3-10H2,1-2H3. The van der Waals surface area contributed by atoms with Gasteiger partial charge in [-0.15, -0.1) is 0 Å². The average molecular weight is 204 g/mol. The largest absolute Gasteiger partial charge is 0.395 e. The second-order valence-corrected chi connectivity index (χ2v) is 3.27. The Morgan fingerprint density at radius 1 is 1.29 bits per heavy atom. The van der Waals surface area contributed by atoms with Crippen LogP contribution in [-0.4, -0.2) is 63.1 Å². The highest BCUT2D eigenvalue weighted by Crippen LogP contribution is 1.90. The maximum absolute atomic E-state index is 8.84. The molecule has 0 radical (unpaired) electrons. The first kappa shape index (κ1) is 13.8. The Balaban J connectivity index is 3.40. The van der Waals surface area contributed by atoms with Gasteiger partial charge < -0.3 is 15.2 Å². The predicted octanol–water partition coefficient (Wildman–Crippen LogP) is -0.0733. The van der Waals surface area contributed by atoms with E-state index in [1.807, 2.05) is 0 Å². The third kappa shape index (κ3) is 8.44. The van der Waals surface area contributed by atoms with Crippen LogP contribution in [0.2, 0.25) is 0 Å². The summed E-state index contributed by atoms with van der Waals surface area (Å²) < 4.78 is 5.01. The highest BCUT2D eigenvalue weighted by molar-refractivity contribution is 4.58. The normalized spacial score (nSPS) is 11.1. The predicted molar refractivity (Wildman–Crippen MR) is 58.6 cm³/mol. The first-order chi connectivity index (χ1) is 6.85. The van der Waals surface area contributed by atoms with Gasteiger partial charge in [-0.25, -0.2) is 0 Å². The lowest BCUT2D eigenvalue weighted by Crippen LogP contribution is -2.32. The Hall–Kier alpha value is -0.160. The van der Waals surface area contributed by atoms with E-state index in [9.17, 15) is 0 Å². The highest BCUT2D eigenvalue weighted by atomic mass is 16.5. The summed E-state index contributed by atoms with van der Waals surface area (Å²) in [6, 6.07) is 0. The van der Waals surface area contributed by atoms with E-state index in [4.69, 9.17) is 9.84 Å². The first-order valence-corrected chi connectivity index (χ1v) is 5.38. The van der Waals surface area contributed by atoms with Gasteiger partial charge in [0.15, 0.2) is 0 Å². The lowest BCUT2D eigenvalue weighted by molar-refractivity contribution is 0.130. The average Bonchev–Trinajstić information content (AvgIpc) is 2.20. The molecule has 0 spiro atoms. The third-order valence-electron chi connectivity index (χ3n) is 2.11. The maximum atomic E-state index is 8.84. The first-order valence-electron chi connectivity index (χ1n) is 5.38. The van der Waals surface area contributed by atoms with Crippen molar-refractivity contribution < 1.29 is 9.84 Å². The van der Waals surface area contributed by atoms with Crippen molar-refractivity contribution >= 4 is 0 Å². The molecule has 0 saturated carbocycles. The number of aliphatic hydroxyl groups is 1. The van der Waals surface area contributed by atoms with Crippen LogP contribution in [-0.2, 0) is 4.74 Å². The summed E-state index contributed by atoms with van der Waals surface area (Å²) in [5.74, 6) is 0. The molecule has 0 rings (SSSR count). The van der Waals surface area contributed by atoms with Crippen molar-refractivity contribution in [2.24, 2.45) is 0 Å². The van der Waals surface area contributed by atoms with Crippen LogP contribution < -0.4 is 5.32 Å². The fourth-order valence-corrected chi connectivity index (χ4v) is 1.30. The summed E-state index contributed by atoms with van der Waals surface area (Å²) in [5.41, 5.74) is 0. The quantitative estimate of drug-likeness (QED) is 0.489. The van der Waals surface area contributed by atoms with Crippen molar-refractivity contribution in [3.63, 3.8) is 0 Å². The molecule has 0 aliphatic rings. The molecule has 0 aromatic heterocycles. The third-order valence-corrected chi connectivity index (χ3v) is 2.11. The van der Waals surface area contributed by atoms with E-state index in [1.54, 1.807) is 7.11 Å². The molecule has 0 aliphatic carbocycles. The number of rotatable bonds is 10. The number of methoxy groups -OCH3 is 1. The van der Waals surface area contributed by atoms with Gasteiger partial charge in [-0.3, -0.25) is 4.90 Å². The van der Waals surface area contributed by atoms with Crippen molar-refractivity contribution in [1.29, 1.82) is 0 Å². The van der Waals surface area contributed by atoms with Gasteiger partial charge in [0.25, 0.3) is 0 Å². The van der Waals surface area contributed by atoms with E-state index >= 15 is 0 Å². The van der Waals surface area contributed by atoms with Gasteiger partial charge in [0.05, 0.1) is 13.2 Å². The van der Waals surface area contributed by atoms with Crippen molar-refractivity contribution in [2.75, 3.05) is 53.0 Å². The van der Waals surface area contributed by atoms with E-state index in [0.29, 0.717) is 0 Å². The number of nitrogens with zero attached hydrogens (tertiary/aromatic N) is 1. The van der Waals surface area contributed by atoms with Gasteiger partial charge in [-0.05, 0) is 26.1 Å². The van der Waals surface area contributed by atoms with Crippen LogP contribution in [0.3, 0.4) is 0 Å². The number of nitrogens with one attached hydrogen (secondary N) is 1. The molecule has 0 unspecified atom stereocenters. The molecule has 0 heterocycles. The lowest BCUT2D eigenvalue weighted by atomic mass is 10.3. The van der Waals surface area contributed by atoms with Gasteiger partial charge in [0.1, 0.15) is 0 Å². The molecule has 2 N–H and O–H groups in total. The molecule has 0 aromatic carbocycles. The van der Waals surface area contributed by atoms with Crippen LogP contribution in [0.4, 0.5) is 0 Å². The summed E-state index contributed by atoms with van der Waals surface area (Å²) in [5, 5.41) is 12.1. The lowest BCUT2D eigenvalue weighted by Gasteiger charge is -2.20. The Labute approximate surface area is 87.2 Å². The topological polar surface area (TPSA) is 44.7 Å². The molecule has 0 aromatic rings. The Bertz CT molecular complexity index is 112. The molecule has 0 fully saturated rings. The summed E-state index contributed by atoms with van der Waals surface area (Å²) in [6.45, 7) is 7.82. The maximum Gasteiger partial charge on any atom is 0.0589 e. The summed E-state index contributed by atoms with van der Waals surface area (Å²) in [4.78, 5) is 2.22. The van der Waals surface area contributed by atoms with Gasteiger partial charge in [-0.2, -0.15) is 0 Å².